The Hall–Kier alpha value is -1.46. The van der Waals surface area contributed by atoms with E-state index in [1.807, 2.05) is 6.07 Å². The van der Waals surface area contributed by atoms with E-state index in [0.29, 0.717) is 5.69 Å². The van der Waals surface area contributed by atoms with Crippen molar-refractivity contribution in [3.05, 3.63) is 17.7 Å². The van der Waals surface area contributed by atoms with Gasteiger partial charge in [-0.25, -0.2) is 0 Å². The van der Waals surface area contributed by atoms with E-state index in [4.69, 9.17) is 15.2 Å². The standard InChI is InChI=1S/C17H29N3O2/c1-17(2,3)13-11-14(18)16(21-4)15(12-13)19-5-6-20-7-9-22-10-8-20/h11-12,19H,5-10,18H2,1-4H3. The summed E-state index contributed by atoms with van der Waals surface area (Å²) in [7, 11) is 1.66. The Kier molecular flexibility index (Phi) is 5.53. The van der Waals surface area contributed by atoms with Gasteiger partial charge in [0.2, 0.25) is 0 Å². The van der Waals surface area contributed by atoms with E-state index in [0.717, 1.165) is 50.8 Å². The van der Waals surface area contributed by atoms with E-state index in [1.54, 1.807) is 7.11 Å². The smallest absolute Gasteiger partial charge is 0.164 e. The Bertz CT molecular complexity index is 491. The van der Waals surface area contributed by atoms with Crippen LogP contribution >= 0.6 is 0 Å². The van der Waals surface area contributed by atoms with Crippen LogP contribution in [-0.2, 0) is 10.2 Å². The van der Waals surface area contributed by atoms with Crippen molar-refractivity contribution in [1.82, 2.24) is 4.90 Å². The van der Waals surface area contributed by atoms with E-state index in [9.17, 15) is 0 Å². The predicted molar refractivity (Wildman–Crippen MR) is 91.9 cm³/mol. The van der Waals surface area contributed by atoms with Gasteiger partial charge in [0.15, 0.2) is 5.75 Å². The monoisotopic (exact) mass is 307 g/mol. The van der Waals surface area contributed by atoms with Gasteiger partial charge in [0.05, 0.1) is 31.7 Å². The third-order valence-corrected chi connectivity index (χ3v) is 4.03. The number of ether oxygens (including phenoxy) is 2. The van der Waals surface area contributed by atoms with E-state index in [1.165, 1.54) is 5.56 Å². The van der Waals surface area contributed by atoms with Crippen molar-refractivity contribution in [1.29, 1.82) is 0 Å². The summed E-state index contributed by atoms with van der Waals surface area (Å²) in [5.74, 6) is 0.731. The van der Waals surface area contributed by atoms with Crippen LogP contribution in [0.3, 0.4) is 0 Å². The Balaban J connectivity index is 2.05. The number of nitrogens with zero attached hydrogens (tertiary/aromatic N) is 1. The van der Waals surface area contributed by atoms with Gasteiger partial charge in [0.1, 0.15) is 0 Å². The van der Waals surface area contributed by atoms with Gasteiger partial charge in [-0.2, -0.15) is 0 Å². The molecular weight excluding hydrogens is 278 g/mol. The second-order valence-corrected chi connectivity index (χ2v) is 6.78. The lowest BCUT2D eigenvalue weighted by Gasteiger charge is -2.27. The number of morpholine rings is 1. The van der Waals surface area contributed by atoms with Crippen LogP contribution in [0.2, 0.25) is 0 Å². The molecule has 3 N–H and O–H groups in total. The molecule has 0 bridgehead atoms. The third kappa shape index (κ3) is 4.27. The lowest BCUT2D eigenvalue weighted by atomic mass is 9.86. The number of hydrogen-bond acceptors (Lipinski definition) is 5. The topological polar surface area (TPSA) is 59.8 Å². The normalized spacial score (nSPS) is 16.5. The van der Waals surface area contributed by atoms with Crippen LogP contribution in [0.25, 0.3) is 0 Å². The van der Waals surface area contributed by atoms with Crippen molar-refractivity contribution in [2.24, 2.45) is 0 Å². The average Bonchev–Trinajstić information content (AvgIpc) is 2.47. The maximum atomic E-state index is 6.15. The Morgan fingerprint density at radius 2 is 1.95 bits per heavy atom. The Morgan fingerprint density at radius 1 is 1.27 bits per heavy atom. The fraction of sp³-hybridized carbons (Fsp3) is 0.647. The van der Waals surface area contributed by atoms with Gasteiger partial charge >= 0.3 is 0 Å². The minimum atomic E-state index is 0.0566. The fourth-order valence-electron chi connectivity index (χ4n) is 2.62. The average molecular weight is 307 g/mol. The molecule has 1 heterocycles. The molecule has 0 amide bonds. The van der Waals surface area contributed by atoms with Crippen LogP contribution in [0.5, 0.6) is 5.75 Å². The molecule has 5 nitrogen and oxygen atoms in total. The molecule has 1 aliphatic rings. The number of nitrogens with one attached hydrogen (secondary N) is 1. The summed E-state index contributed by atoms with van der Waals surface area (Å²) in [6.45, 7) is 12.1. The van der Waals surface area contributed by atoms with Crippen molar-refractivity contribution < 1.29 is 9.47 Å². The van der Waals surface area contributed by atoms with Gasteiger partial charge in [0.25, 0.3) is 0 Å². The van der Waals surface area contributed by atoms with Crippen LogP contribution in [-0.4, -0.2) is 51.4 Å². The molecule has 0 unspecified atom stereocenters. The number of anilines is 2. The molecule has 22 heavy (non-hydrogen) atoms. The summed E-state index contributed by atoms with van der Waals surface area (Å²) < 4.78 is 10.8. The van der Waals surface area contributed by atoms with E-state index in [2.05, 4.69) is 37.1 Å². The first-order valence-electron chi connectivity index (χ1n) is 7.94. The lowest BCUT2D eigenvalue weighted by Crippen LogP contribution is -2.39. The van der Waals surface area contributed by atoms with Crippen molar-refractivity contribution >= 4 is 11.4 Å². The van der Waals surface area contributed by atoms with Crippen LogP contribution in [0.15, 0.2) is 12.1 Å². The van der Waals surface area contributed by atoms with E-state index >= 15 is 0 Å². The SMILES string of the molecule is COc1c(N)cc(C(C)(C)C)cc1NCCN1CCOCC1. The summed E-state index contributed by atoms with van der Waals surface area (Å²) in [6, 6.07) is 4.15. The number of nitrogen functional groups attached to an aromatic ring is 1. The van der Waals surface area contributed by atoms with Crippen molar-refractivity contribution in [3.8, 4) is 5.75 Å². The molecule has 0 aromatic heterocycles. The first kappa shape index (κ1) is 16.9. The first-order chi connectivity index (χ1) is 10.4. The summed E-state index contributed by atoms with van der Waals surface area (Å²) in [4.78, 5) is 2.40. The molecule has 1 saturated heterocycles. The van der Waals surface area contributed by atoms with Gasteiger partial charge in [-0.1, -0.05) is 20.8 Å². The zero-order chi connectivity index (χ0) is 16.2. The zero-order valence-electron chi connectivity index (χ0n) is 14.2. The summed E-state index contributed by atoms with van der Waals surface area (Å²) in [6.07, 6.45) is 0. The van der Waals surface area contributed by atoms with E-state index in [-0.39, 0.29) is 5.41 Å². The van der Waals surface area contributed by atoms with Crippen molar-refractivity contribution in [2.75, 3.05) is 57.6 Å². The highest BCUT2D eigenvalue weighted by Gasteiger charge is 2.18. The minimum Gasteiger partial charge on any atom is -0.492 e. The fourth-order valence-corrected chi connectivity index (χ4v) is 2.62. The maximum absolute atomic E-state index is 6.15. The highest BCUT2D eigenvalue weighted by Crippen LogP contribution is 2.36. The molecule has 1 aromatic carbocycles. The third-order valence-electron chi connectivity index (χ3n) is 4.03. The van der Waals surface area contributed by atoms with Crippen LogP contribution < -0.4 is 15.8 Å². The predicted octanol–water partition coefficient (Wildman–Crippen LogP) is 2.32. The van der Waals surface area contributed by atoms with Gasteiger partial charge in [0, 0.05) is 26.2 Å². The lowest BCUT2D eigenvalue weighted by molar-refractivity contribution is 0.0398. The highest BCUT2D eigenvalue weighted by molar-refractivity contribution is 5.71. The molecular formula is C17H29N3O2. The van der Waals surface area contributed by atoms with Gasteiger partial charge in [-0.15, -0.1) is 0 Å². The highest BCUT2D eigenvalue weighted by atomic mass is 16.5. The molecule has 0 saturated carbocycles. The molecule has 124 valence electrons. The second kappa shape index (κ2) is 7.20. The quantitative estimate of drug-likeness (QED) is 0.818. The molecule has 5 heteroatoms. The molecule has 0 atom stereocenters. The molecule has 2 rings (SSSR count). The largest absolute Gasteiger partial charge is 0.492 e. The number of methoxy groups -OCH3 is 1. The van der Waals surface area contributed by atoms with Gasteiger partial charge in [-0.3, -0.25) is 4.90 Å². The van der Waals surface area contributed by atoms with Crippen molar-refractivity contribution in [3.63, 3.8) is 0 Å². The minimum absolute atomic E-state index is 0.0566. The molecule has 0 aliphatic carbocycles. The van der Waals surface area contributed by atoms with Gasteiger partial charge in [-0.05, 0) is 23.1 Å². The van der Waals surface area contributed by atoms with Crippen LogP contribution in [0, 0.1) is 0 Å². The Labute approximate surface area is 133 Å². The summed E-state index contributed by atoms with van der Waals surface area (Å²) in [5.41, 5.74) is 9.07. The number of nitrogens with two attached hydrogens (primary N) is 1. The number of hydrogen-bond donors (Lipinski definition) is 2. The number of benzene rings is 1. The Morgan fingerprint density at radius 3 is 2.55 bits per heavy atom. The summed E-state index contributed by atoms with van der Waals surface area (Å²) in [5, 5.41) is 3.48. The zero-order valence-corrected chi connectivity index (χ0v) is 14.2. The molecule has 1 fully saturated rings. The molecule has 0 spiro atoms. The van der Waals surface area contributed by atoms with Crippen molar-refractivity contribution in [2.45, 2.75) is 26.2 Å². The summed E-state index contributed by atoms with van der Waals surface area (Å²) >= 11 is 0. The maximum Gasteiger partial charge on any atom is 0.164 e. The number of rotatable bonds is 5. The van der Waals surface area contributed by atoms with Gasteiger partial charge < -0.3 is 20.5 Å². The first-order valence-corrected chi connectivity index (χ1v) is 7.94. The molecule has 0 radical (unpaired) electrons. The van der Waals surface area contributed by atoms with E-state index < -0.39 is 0 Å². The second-order valence-electron chi connectivity index (χ2n) is 6.78. The molecule has 1 aliphatic heterocycles. The van der Waals surface area contributed by atoms with Crippen LogP contribution in [0.4, 0.5) is 11.4 Å². The van der Waals surface area contributed by atoms with Crippen LogP contribution in [0.1, 0.15) is 26.3 Å². The molecule has 1 aromatic rings.